The van der Waals surface area contributed by atoms with Gasteiger partial charge in [0.15, 0.2) is 0 Å². The molecule has 0 aliphatic heterocycles. The van der Waals surface area contributed by atoms with Crippen molar-refractivity contribution in [1.29, 1.82) is 0 Å². The summed E-state index contributed by atoms with van der Waals surface area (Å²) in [4.78, 5) is 0. The monoisotopic (exact) mass is 164 g/mol. The van der Waals surface area contributed by atoms with Crippen LogP contribution in [0.4, 0.5) is 0 Å². The van der Waals surface area contributed by atoms with E-state index in [9.17, 15) is 0 Å². The van der Waals surface area contributed by atoms with E-state index in [2.05, 4.69) is 6.92 Å². The number of alkyl halides is 1. The van der Waals surface area contributed by atoms with Crippen molar-refractivity contribution in [1.82, 2.24) is 0 Å². The molecule has 0 radical (unpaired) electrons. The maximum atomic E-state index is 5.85. The molecule has 0 N–H and O–H groups in total. The first-order valence-electron chi connectivity index (χ1n) is 3.18. The highest BCUT2D eigenvalue weighted by atomic mass is 35.5. The summed E-state index contributed by atoms with van der Waals surface area (Å²) >= 11 is 11.6. The number of allylic oxidation sites excluding steroid dienone is 2. The smallest absolute Gasteiger partial charge is 0.0532 e. The minimum Gasteiger partial charge on any atom is -0.118 e. The lowest BCUT2D eigenvalue weighted by Gasteiger charge is -2.18. The molecule has 0 aromatic heterocycles. The summed E-state index contributed by atoms with van der Waals surface area (Å²) in [6, 6.07) is 0. The van der Waals surface area contributed by atoms with Crippen LogP contribution < -0.4 is 0 Å². The van der Waals surface area contributed by atoms with Crippen molar-refractivity contribution in [3.63, 3.8) is 0 Å². The first-order chi connectivity index (χ1) is 4.18. The van der Waals surface area contributed by atoms with Gasteiger partial charge in [-0.2, -0.15) is 0 Å². The van der Waals surface area contributed by atoms with E-state index in [1.165, 1.54) is 0 Å². The lowest BCUT2D eigenvalue weighted by atomic mass is 9.96. The molecule has 1 aliphatic carbocycles. The molecule has 0 bridgehead atoms. The number of hydrogen-bond acceptors (Lipinski definition) is 0. The predicted octanol–water partition coefficient (Wildman–Crippen LogP) is 3.15. The van der Waals surface area contributed by atoms with Crippen LogP contribution in [0.25, 0.3) is 0 Å². The van der Waals surface area contributed by atoms with E-state index in [-0.39, 0.29) is 5.38 Å². The van der Waals surface area contributed by atoms with E-state index in [0.717, 1.165) is 17.9 Å². The molecule has 0 fully saturated rings. The third kappa shape index (κ3) is 2.19. The highest BCUT2D eigenvalue weighted by Crippen LogP contribution is 2.28. The Kier molecular flexibility index (Phi) is 2.42. The molecule has 2 unspecified atom stereocenters. The van der Waals surface area contributed by atoms with Crippen LogP contribution in [0.15, 0.2) is 11.1 Å². The minimum absolute atomic E-state index is 0.168. The molecule has 1 rings (SSSR count). The molecule has 0 saturated carbocycles. The van der Waals surface area contributed by atoms with Crippen molar-refractivity contribution >= 4 is 23.2 Å². The van der Waals surface area contributed by atoms with Gasteiger partial charge in [-0.15, -0.1) is 11.6 Å². The summed E-state index contributed by atoms with van der Waals surface area (Å²) in [5, 5.41) is 1.09. The number of rotatable bonds is 0. The summed E-state index contributed by atoms with van der Waals surface area (Å²) < 4.78 is 0. The van der Waals surface area contributed by atoms with Gasteiger partial charge in [0.05, 0.1) is 5.38 Å². The van der Waals surface area contributed by atoms with Crippen LogP contribution in [0, 0.1) is 5.92 Å². The summed E-state index contributed by atoms with van der Waals surface area (Å²) in [6.07, 6.45) is 4.01. The molecule has 0 heterocycles. The fraction of sp³-hybridized carbons (Fsp3) is 0.714. The van der Waals surface area contributed by atoms with Crippen LogP contribution in [-0.4, -0.2) is 5.38 Å². The molecular weight excluding hydrogens is 155 g/mol. The van der Waals surface area contributed by atoms with E-state index in [4.69, 9.17) is 23.2 Å². The van der Waals surface area contributed by atoms with E-state index in [0.29, 0.717) is 5.92 Å². The van der Waals surface area contributed by atoms with Gasteiger partial charge in [0.2, 0.25) is 0 Å². The Morgan fingerprint density at radius 1 is 1.67 bits per heavy atom. The van der Waals surface area contributed by atoms with Crippen molar-refractivity contribution in [2.45, 2.75) is 25.1 Å². The van der Waals surface area contributed by atoms with Crippen LogP contribution in [0.3, 0.4) is 0 Å². The SMILES string of the molecule is CC1CC(Cl)=CC(Cl)C1. The standard InChI is InChI=1S/C7H10Cl2/c1-5-2-6(8)4-7(9)3-5/h4-6H,2-3H2,1H3. The van der Waals surface area contributed by atoms with Crippen LogP contribution in [-0.2, 0) is 0 Å². The Bertz CT molecular complexity index is 129. The molecular formula is C7H10Cl2. The third-order valence-corrected chi connectivity index (χ3v) is 2.12. The zero-order valence-corrected chi connectivity index (χ0v) is 6.91. The van der Waals surface area contributed by atoms with Crippen LogP contribution >= 0.6 is 23.2 Å². The number of halogens is 2. The van der Waals surface area contributed by atoms with Gasteiger partial charge in [-0.1, -0.05) is 24.6 Å². The van der Waals surface area contributed by atoms with E-state index in [1.54, 1.807) is 0 Å². The maximum Gasteiger partial charge on any atom is 0.0532 e. The van der Waals surface area contributed by atoms with Crippen LogP contribution in [0.2, 0.25) is 0 Å². The molecule has 9 heavy (non-hydrogen) atoms. The summed E-state index contributed by atoms with van der Waals surface area (Å²) in [6.45, 7) is 2.17. The quantitative estimate of drug-likeness (QED) is 0.483. The van der Waals surface area contributed by atoms with Crippen molar-refractivity contribution in [2.24, 2.45) is 5.92 Å². The molecule has 2 atom stereocenters. The van der Waals surface area contributed by atoms with Crippen molar-refractivity contribution in [3.8, 4) is 0 Å². The number of hydrogen-bond donors (Lipinski definition) is 0. The largest absolute Gasteiger partial charge is 0.118 e. The zero-order chi connectivity index (χ0) is 6.85. The van der Waals surface area contributed by atoms with Crippen LogP contribution in [0.1, 0.15) is 19.8 Å². The fourth-order valence-corrected chi connectivity index (χ4v) is 2.07. The van der Waals surface area contributed by atoms with Gasteiger partial charge in [0.25, 0.3) is 0 Å². The van der Waals surface area contributed by atoms with E-state index in [1.807, 2.05) is 6.08 Å². The summed E-state index contributed by atoms with van der Waals surface area (Å²) in [5.41, 5.74) is 0. The van der Waals surface area contributed by atoms with Crippen molar-refractivity contribution in [2.75, 3.05) is 0 Å². The van der Waals surface area contributed by atoms with Crippen molar-refractivity contribution in [3.05, 3.63) is 11.1 Å². The average molecular weight is 165 g/mol. The topological polar surface area (TPSA) is 0 Å². The fourth-order valence-electron chi connectivity index (χ4n) is 1.13. The second-order valence-corrected chi connectivity index (χ2v) is 3.72. The third-order valence-electron chi connectivity index (χ3n) is 1.53. The molecule has 1 aliphatic rings. The first-order valence-corrected chi connectivity index (χ1v) is 4.00. The van der Waals surface area contributed by atoms with Gasteiger partial charge < -0.3 is 0 Å². The Morgan fingerprint density at radius 2 is 2.33 bits per heavy atom. The second-order valence-electron chi connectivity index (χ2n) is 2.67. The van der Waals surface area contributed by atoms with Gasteiger partial charge in [-0.25, -0.2) is 0 Å². The highest BCUT2D eigenvalue weighted by Gasteiger charge is 2.15. The molecule has 0 aromatic rings. The summed E-state index contributed by atoms with van der Waals surface area (Å²) in [5.74, 6) is 0.657. The Labute approximate surface area is 65.8 Å². The van der Waals surface area contributed by atoms with E-state index < -0.39 is 0 Å². The lowest BCUT2D eigenvalue weighted by Crippen LogP contribution is -2.09. The van der Waals surface area contributed by atoms with E-state index >= 15 is 0 Å². The van der Waals surface area contributed by atoms with Gasteiger partial charge in [-0.05, 0) is 18.8 Å². The Balaban J connectivity index is 2.56. The highest BCUT2D eigenvalue weighted by molar-refractivity contribution is 6.31. The predicted molar refractivity (Wildman–Crippen MR) is 42.0 cm³/mol. The Morgan fingerprint density at radius 3 is 2.78 bits per heavy atom. The summed E-state index contributed by atoms with van der Waals surface area (Å²) in [7, 11) is 0. The Hall–Kier alpha value is 0.320. The second kappa shape index (κ2) is 2.94. The average Bonchev–Trinajstić information content (AvgIpc) is 1.59. The zero-order valence-electron chi connectivity index (χ0n) is 5.40. The molecule has 0 aromatic carbocycles. The first kappa shape index (κ1) is 7.43. The van der Waals surface area contributed by atoms with Crippen molar-refractivity contribution < 1.29 is 0 Å². The van der Waals surface area contributed by atoms with Crippen LogP contribution in [0.5, 0.6) is 0 Å². The maximum absolute atomic E-state index is 5.85. The molecule has 52 valence electrons. The normalized spacial score (nSPS) is 36.1. The lowest BCUT2D eigenvalue weighted by molar-refractivity contribution is 0.525. The van der Waals surface area contributed by atoms with Gasteiger partial charge in [-0.3, -0.25) is 0 Å². The minimum atomic E-state index is 0.168. The van der Waals surface area contributed by atoms with Gasteiger partial charge in [0.1, 0.15) is 0 Å². The molecule has 0 amide bonds. The van der Waals surface area contributed by atoms with Gasteiger partial charge in [0, 0.05) is 5.03 Å². The van der Waals surface area contributed by atoms with Gasteiger partial charge >= 0.3 is 0 Å². The molecule has 2 heteroatoms. The molecule has 0 spiro atoms. The molecule has 0 saturated heterocycles. The molecule has 0 nitrogen and oxygen atoms in total.